The summed E-state index contributed by atoms with van der Waals surface area (Å²) in [5, 5.41) is 9.72. The normalized spacial score (nSPS) is 11.0. The van der Waals surface area contributed by atoms with Crippen LogP contribution in [0.1, 0.15) is 15.9 Å². The van der Waals surface area contributed by atoms with Gasteiger partial charge < -0.3 is 9.84 Å². The van der Waals surface area contributed by atoms with Crippen molar-refractivity contribution in [3.05, 3.63) is 89.5 Å². The van der Waals surface area contributed by atoms with Crippen molar-refractivity contribution in [3.63, 3.8) is 0 Å². The number of carboxylic acids is 1. The van der Waals surface area contributed by atoms with E-state index >= 15 is 0 Å². The van der Waals surface area contributed by atoms with Gasteiger partial charge in [-0.3, -0.25) is 0 Å². The van der Waals surface area contributed by atoms with Crippen LogP contribution in [0.3, 0.4) is 0 Å². The fourth-order valence-corrected chi connectivity index (χ4v) is 3.43. The molecule has 1 N–H and O–H groups in total. The molecule has 4 aromatic rings. The lowest BCUT2D eigenvalue weighted by Gasteiger charge is -2.10. The first kappa shape index (κ1) is 19.7. The smallest absolute Gasteiger partial charge is 0.336 e. The number of pyridine rings is 1. The van der Waals surface area contributed by atoms with Gasteiger partial charge in [0.2, 0.25) is 0 Å². The highest BCUT2D eigenvalue weighted by molar-refractivity contribution is 6.03. The van der Waals surface area contributed by atoms with Crippen molar-refractivity contribution in [3.8, 4) is 22.4 Å². The molecule has 4 rings (SSSR count). The topological polar surface area (TPSA) is 59.4 Å². The molecule has 6 heteroatoms. The highest BCUT2D eigenvalue weighted by Gasteiger charge is 2.15. The zero-order valence-electron chi connectivity index (χ0n) is 16.0. The first-order chi connectivity index (χ1) is 14.5. The number of fused-ring (bicyclic) bond motifs is 1. The van der Waals surface area contributed by atoms with Crippen molar-refractivity contribution in [2.24, 2.45) is 0 Å². The molecule has 0 aliphatic heterocycles. The standard InChI is InChI=1S/C24H17F2NO3/c1-30-13-14-3-2-4-15(9-14)18-7-5-16(10-21(18)26)23-12-20(24(28)29)19-11-17(25)6-8-22(19)27-23/h2-12H,13H2,1H3,(H,28,29). The van der Waals surface area contributed by atoms with E-state index in [4.69, 9.17) is 4.74 Å². The van der Waals surface area contributed by atoms with E-state index < -0.39 is 17.6 Å². The SMILES string of the molecule is COCc1cccc(-c2ccc(-c3cc(C(=O)O)c4cc(F)ccc4n3)cc2F)c1. The molecule has 0 saturated heterocycles. The summed E-state index contributed by atoms with van der Waals surface area (Å²) in [6.07, 6.45) is 0. The van der Waals surface area contributed by atoms with Gasteiger partial charge in [0, 0.05) is 23.6 Å². The van der Waals surface area contributed by atoms with Crippen LogP contribution in [0.4, 0.5) is 8.78 Å². The third-order valence-electron chi connectivity index (χ3n) is 4.81. The second-order valence-electron chi connectivity index (χ2n) is 6.85. The van der Waals surface area contributed by atoms with Gasteiger partial charge in [0.05, 0.1) is 23.4 Å². The molecular formula is C24H17F2NO3. The number of ether oxygens (including phenoxy) is 1. The number of methoxy groups -OCH3 is 1. The molecule has 0 spiro atoms. The number of aromatic carboxylic acids is 1. The highest BCUT2D eigenvalue weighted by atomic mass is 19.1. The molecule has 0 bridgehead atoms. The van der Waals surface area contributed by atoms with Crippen LogP contribution in [0.5, 0.6) is 0 Å². The molecule has 0 saturated carbocycles. The third-order valence-corrected chi connectivity index (χ3v) is 4.81. The lowest BCUT2D eigenvalue weighted by Crippen LogP contribution is -2.01. The van der Waals surface area contributed by atoms with Gasteiger partial charge in [0.15, 0.2) is 0 Å². The Kier molecular flexibility index (Phi) is 5.25. The maximum Gasteiger partial charge on any atom is 0.336 e. The van der Waals surface area contributed by atoms with Crippen LogP contribution in [0, 0.1) is 11.6 Å². The summed E-state index contributed by atoms with van der Waals surface area (Å²) in [4.78, 5) is 16.1. The second kappa shape index (κ2) is 8.00. The molecular weight excluding hydrogens is 388 g/mol. The first-order valence-electron chi connectivity index (χ1n) is 9.18. The number of aromatic nitrogens is 1. The van der Waals surface area contributed by atoms with Crippen LogP contribution in [-0.2, 0) is 11.3 Å². The van der Waals surface area contributed by atoms with Gasteiger partial charge in [0.1, 0.15) is 11.6 Å². The fraction of sp³-hybridized carbons (Fsp3) is 0.0833. The summed E-state index contributed by atoms with van der Waals surface area (Å²) in [5.74, 6) is -2.22. The Bertz CT molecular complexity index is 1270. The minimum atomic E-state index is -1.21. The summed E-state index contributed by atoms with van der Waals surface area (Å²) < 4.78 is 33.6. The Morgan fingerprint density at radius 1 is 1.00 bits per heavy atom. The average molecular weight is 405 g/mol. The maximum absolute atomic E-state index is 14.9. The van der Waals surface area contributed by atoms with Gasteiger partial charge in [-0.15, -0.1) is 0 Å². The third kappa shape index (κ3) is 3.77. The lowest BCUT2D eigenvalue weighted by molar-refractivity contribution is 0.0699. The molecule has 0 fully saturated rings. The molecule has 3 aromatic carbocycles. The average Bonchev–Trinajstić information content (AvgIpc) is 2.73. The van der Waals surface area contributed by atoms with Crippen molar-refractivity contribution >= 4 is 16.9 Å². The van der Waals surface area contributed by atoms with Crippen molar-refractivity contribution in [2.75, 3.05) is 7.11 Å². The number of rotatable bonds is 5. The summed E-state index contributed by atoms with van der Waals surface area (Å²) in [7, 11) is 1.60. The lowest BCUT2D eigenvalue weighted by atomic mass is 9.99. The van der Waals surface area contributed by atoms with Crippen LogP contribution >= 0.6 is 0 Å². The molecule has 0 unspecified atom stereocenters. The summed E-state index contributed by atoms with van der Waals surface area (Å²) in [5.41, 5.74) is 3.00. The maximum atomic E-state index is 14.9. The van der Waals surface area contributed by atoms with Gasteiger partial charge in [-0.1, -0.05) is 30.3 Å². The molecule has 0 aliphatic carbocycles. The van der Waals surface area contributed by atoms with Crippen molar-refractivity contribution in [2.45, 2.75) is 6.61 Å². The van der Waals surface area contributed by atoms with Crippen LogP contribution in [0.15, 0.2) is 66.7 Å². The van der Waals surface area contributed by atoms with Crippen molar-refractivity contribution in [1.29, 1.82) is 0 Å². The van der Waals surface area contributed by atoms with E-state index in [-0.39, 0.29) is 10.9 Å². The Labute approximate surface area is 171 Å². The Morgan fingerprint density at radius 3 is 2.57 bits per heavy atom. The van der Waals surface area contributed by atoms with E-state index in [1.807, 2.05) is 24.3 Å². The van der Waals surface area contributed by atoms with E-state index in [0.717, 1.165) is 11.6 Å². The molecule has 0 aliphatic rings. The zero-order valence-corrected chi connectivity index (χ0v) is 16.0. The molecule has 150 valence electrons. The van der Waals surface area contributed by atoms with E-state index in [0.29, 0.717) is 34.5 Å². The molecule has 1 aromatic heterocycles. The van der Waals surface area contributed by atoms with E-state index in [2.05, 4.69) is 4.98 Å². The number of carboxylic acid groups (broad SMARTS) is 1. The molecule has 30 heavy (non-hydrogen) atoms. The van der Waals surface area contributed by atoms with Gasteiger partial charge >= 0.3 is 5.97 Å². The largest absolute Gasteiger partial charge is 0.478 e. The second-order valence-corrected chi connectivity index (χ2v) is 6.85. The number of hydrogen-bond donors (Lipinski definition) is 1. The summed E-state index contributed by atoms with van der Waals surface area (Å²) in [6, 6.07) is 17.1. The minimum absolute atomic E-state index is 0.0914. The monoisotopic (exact) mass is 405 g/mol. The summed E-state index contributed by atoms with van der Waals surface area (Å²) in [6.45, 7) is 0.424. The number of hydrogen-bond acceptors (Lipinski definition) is 3. The van der Waals surface area contributed by atoms with E-state index in [1.165, 1.54) is 24.3 Å². The summed E-state index contributed by atoms with van der Waals surface area (Å²) >= 11 is 0. The molecule has 0 radical (unpaired) electrons. The minimum Gasteiger partial charge on any atom is -0.478 e. The predicted octanol–water partition coefficient (Wildman–Crippen LogP) is 5.69. The Balaban J connectivity index is 1.80. The molecule has 4 nitrogen and oxygen atoms in total. The number of carbonyl (C=O) groups is 1. The number of nitrogens with zero attached hydrogens (tertiary/aromatic N) is 1. The zero-order chi connectivity index (χ0) is 21.3. The highest BCUT2D eigenvalue weighted by Crippen LogP contribution is 2.30. The number of benzene rings is 3. The van der Waals surface area contributed by atoms with Crippen LogP contribution in [0.25, 0.3) is 33.3 Å². The van der Waals surface area contributed by atoms with Gasteiger partial charge in [-0.05, 0) is 47.5 Å². The molecule has 0 amide bonds. The Morgan fingerprint density at radius 2 is 1.83 bits per heavy atom. The molecule has 0 atom stereocenters. The van der Waals surface area contributed by atoms with Crippen molar-refractivity contribution in [1.82, 2.24) is 4.98 Å². The van der Waals surface area contributed by atoms with E-state index in [9.17, 15) is 18.7 Å². The van der Waals surface area contributed by atoms with Gasteiger partial charge in [-0.25, -0.2) is 18.6 Å². The molecule has 1 heterocycles. The van der Waals surface area contributed by atoms with Gasteiger partial charge in [0.25, 0.3) is 0 Å². The Hall–Kier alpha value is -3.64. The van der Waals surface area contributed by atoms with Crippen LogP contribution < -0.4 is 0 Å². The van der Waals surface area contributed by atoms with E-state index in [1.54, 1.807) is 19.2 Å². The fourth-order valence-electron chi connectivity index (χ4n) is 3.43. The first-order valence-corrected chi connectivity index (χ1v) is 9.18. The van der Waals surface area contributed by atoms with Crippen LogP contribution in [-0.4, -0.2) is 23.2 Å². The van der Waals surface area contributed by atoms with Crippen LogP contribution in [0.2, 0.25) is 0 Å². The van der Waals surface area contributed by atoms with Gasteiger partial charge in [-0.2, -0.15) is 0 Å². The number of halogens is 2. The predicted molar refractivity (Wildman–Crippen MR) is 110 cm³/mol. The van der Waals surface area contributed by atoms with Crippen molar-refractivity contribution < 1.29 is 23.4 Å². The quantitative estimate of drug-likeness (QED) is 0.463.